The molecule has 1 aliphatic heterocycles. The van der Waals surface area contributed by atoms with Gasteiger partial charge in [-0.05, 0) is 30.7 Å². The van der Waals surface area contributed by atoms with Crippen LogP contribution in [0.15, 0.2) is 30.5 Å². The zero-order valence-corrected chi connectivity index (χ0v) is 15.1. The van der Waals surface area contributed by atoms with E-state index in [1.54, 1.807) is 4.68 Å². The van der Waals surface area contributed by atoms with Gasteiger partial charge in [0, 0.05) is 38.9 Å². The van der Waals surface area contributed by atoms with Crippen molar-refractivity contribution in [1.82, 2.24) is 19.6 Å². The van der Waals surface area contributed by atoms with Crippen molar-refractivity contribution in [3.63, 3.8) is 0 Å². The van der Waals surface area contributed by atoms with Crippen molar-refractivity contribution in [3.8, 4) is 0 Å². The van der Waals surface area contributed by atoms with Gasteiger partial charge in [-0.15, -0.1) is 0 Å². The summed E-state index contributed by atoms with van der Waals surface area (Å²) in [5.41, 5.74) is 2.06. The molecule has 1 aromatic heterocycles. The van der Waals surface area contributed by atoms with Crippen LogP contribution in [0.2, 0.25) is 10.0 Å². The second kappa shape index (κ2) is 7.55. The number of benzene rings is 1. The van der Waals surface area contributed by atoms with Gasteiger partial charge < -0.3 is 4.90 Å². The average Bonchev–Trinajstić information content (AvgIpc) is 2.96. The minimum Gasteiger partial charge on any atom is -0.339 e. The smallest absolute Gasteiger partial charge is 0.244 e. The van der Waals surface area contributed by atoms with Crippen molar-refractivity contribution in [2.45, 2.75) is 20.0 Å². The molecule has 7 heteroatoms. The molecule has 0 aliphatic carbocycles. The van der Waals surface area contributed by atoms with Crippen LogP contribution in [-0.4, -0.2) is 51.7 Å². The van der Waals surface area contributed by atoms with Gasteiger partial charge in [-0.25, -0.2) is 0 Å². The number of carbonyl (C=O) groups is 1. The number of hydrogen-bond donors (Lipinski definition) is 0. The van der Waals surface area contributed by atoms with Crippen LogP contribution in [0.3, 0.4) is 0 Å². The van der Waals surface area contributed by atoms with Gasteiger partial charge >= 0.3 is 0 Å². The first kappa shape index (κ1) is 17.3. The molecular formula is C17H20Cl2N4O. The highest BCUT2D eigenvalue weighted by atomic mass is 35.5. The third kappa shape index (κ3) is 4.29. The SMILES string of the molecule is Cc1ccn(CC(=O)N2CCN(Cc3ccc(Cl)c(Cl)c3)CC2)n1. The summed E-state index contributed by atoms with van der Waals surface area (Å²) < 4.78 is 1.69. The number of nitrogens with zero attached hydrogens (tertiary/aromatic N) is 4. The summed E-state index contributed by atoms with van der Waals surface area (Å²) in [5, 5.41) is 5.42. The molecule has 0 radical (unpaired) electrons. The van der Waals surface area contributed by atoms with Crippen LogP contribution >= 0.6 is 23.2 Å². The van der Waals surface area contributed by atoms with Gasteiger partial charge in [0.25, 0.3) is 0 Å². The molecule has 1 saturated heterocycles. The van der Waals surface area contributed by atoms with Crippen molar-refractivity contribution in [3.05, 3.63) is 51.8 Å². The first-order valence-corrected chi connectivity index (χ1v) is 8.71. The van der Waals surface area contributed by atoms with Crippen LogP contribution < -0.4 is 0 Å². The molecule has 1 aliphatic rings. The summed E-state index contributed by atoms with van der Waals surface area (Å²) in [5.74, 6) is 0.118. The summed E-state index contributed by atoms with van der Waals surface area (Å²) in [4.78, 5) is 16.6. The number of halogens is 2. The fraction of sp³-hybridized carbons (Fsp3) is 0.412. The van der Waals surface area contributed by atoms with E-state index >= 15 is 0 Å². The maximum atomic E-state index is 12.3. The lowest BCUT2D eigenvalue weighted by molar-refractivity contribution is -0.133. The van der Waals surface area contributed by atoms with Crippen LogP contribution in [0, 0.1) is 6.92 Å². The molecular weight excluding hydrogens is 347 g/mol. The number of aryl methyl sites for hydroxylation is 1. The lowest BCUT2D eigenvalue weighted by Crippen LogP contribution is -2.49. The Kier molecular flexibility index (Phi) is 5.43. The third-order valence-corrected chi connectivity index (χ3v) is 4.93. The van der Waals surface area contributed by atoms with Gasteiger partial charge in [0.2, 0.25) is 5.91 Å². The Morgan fingerprint density at radius 2 is 1.88 bits per heavy atom. The van der Waals surface area contributed by atoms with Crippen LogP contribution in [0.1, 0.15) is 11.3 Å². The Balaban J connectivity index is 1.50. The van der Waals surface area contributed by atoms with Gasteiger partial charge in [-0.2, -0.15) is 5.10 Å². The predicted molar refractivity (Wildman–Crippen MR) is 95.3 cm³/mol. The first-order chi connectivity index (χ1) is 11.5. The molecule has 2 aromatic rings. The molecule has 2 heterocycles. The van der Waals surface area contributed by atoms with Crippen LogP contribution in [0.25, 0.3) is 0 Å². The van der Waals surface area contributed by atoms with E-state index in [0.29, 0.717) is 16.6 Å². The van der Waals surface area contributed by atoms with Gasteiger partial charge in [0.15, 0.2) is 0 Å². The lowest BCUT2D eigenvalue weighted by Gasteiger charge is -2.34. The molecule has 0 atom stereocenters. The molecule has 0 N–H and O–H groups in total. The Morgan fingerprint density at radius 1 is 1.12 bits per heavy atom. The lowest BCUT2D eigenvalue weighted by atomic mass is 10.2. The van der Waals surface area contributed by atoms with Crippen LogP contribution in [0.5, 0.6) is 0 Å². The first-order valence-electron chi connectivity index (χ1n) is 7.95. The topological polar surface area (TPSA) is 41.4 Å². The molecule has 1 fully saturated rings. The van der Waals surface area contributed by atoms with E-state index in [0.717, 1.165) is 44.0 Å². The van der Waals surface area contributed by atoms with Gasteiger partial charge in [-0.1, -0.05) is 29.3 Å². The summed E-state index contributed by atoms with van der Waals surface area (Å²) >= 11 is 12.0. The highest BCUT2D eigenvalue weighted by molar-refractivity contribution is 6.42. The van der Waals surface area contributed by atoms with Crippen molar-refractivity contribution in [2.75, 3.05) is 26.2 Å². The number of carbonyl (C=O) groups excluding carboxylic acids is 1. The third-order valence-electron chi connectivity index (χ3n) is 4.19. The van der Waals surface area contributed by atoms with Gasteiger partial charge in [0.1, 0.15) is 6.54 Å². The quantitative estimate of drug-likeness (QED) is 0.835. The molecule has 0 spiro atoms. The van der Waals surface area contributed by atoms with Gasteiger partial charge in [-0.3, -0.25) is 14.4 Å². The minimum absolute atomic E-state index is 0.118. The number of aromatic nitrogens is 2. The van der Waals surface area contributed by atoms with Crippen LogP contribution in [0.4, 0.5) is 0 Å². The minimum atomic E-state index is 0.118. The standard InChI is InChI=1S/C17H20Cl2N4O/c1-13-4-5-23(20-13)12-17(24)22-8-6-21(7-9-22)11-14-2-3-15(18)16(19)10-14/h2-5,10H,6-9,11-12H2,1H3. The molecule has 5 nitrogen and oxygen atoms in total. The van der Waals surface area contributed by atoms with E-state index < -0.39 is 0 Å². The maximum Gasteiger partial charge on any atom is 0.244 e. The number of rotatable bonds is 4. The molecule has 128 valence electrons. The predicted octanol–water partition coefficient (Wildman–Crippen LogP) is 2.84. The fourth-order valence-corrected chi connectivity index (χ4v) is 3.16. The molecule has 0 bridgehead atoms. The highest BCUT2D eigenvalue weighted by Crippen LogP contribution is 2.23. The molecule has 1 aromatic carbocycles. The van der Waals surface area contributed by atoms with E-state index in [4.69, 9.17) is 23.2 Å². The van der Waals surface area contributed by atoms with Crippen molar-refractivity contribution in [2.24, 2.45) is 0 Å². The molecule has 24 heavy (non-hydrogen) atoms. The number of piperazine rings is 1. The molecule has 0 unspecified atom stereocenters. The van der Waals surface area contributed by atoms with E-state index in [-0.39, 0.29) is 5.91 Å². The Morgan fingerprint density at radius 3 is 2.50 bits per heavy atom. The molecule has 0 saturated carbocycles. The zero-order chi connectivity index (χ0) is 17.1. The monoisotopic (exact) mass is 366 g/mol. The van der Waals surface area contributed by atoms with Gasteiger partial charge in [0.05, 0.1) is 15.7 Å². The summed E-state index contributed by atoms with van der Waals surface area (Å²) in [6.45, 7) is 6.22. The number of hydrogen-bond acceptors (Lipinski definition) is 3. The normalized spacial score (nSPS) is 15.7. The highest BCUT2D eigenvalue weighted by Gasteiger charge is 2.21. The van der Waals surface area contributed by atoms with Crippen molar-refractivity contribution < 1.29 is 4.79 Å². The summed E-state index contributed by atoms with van der Waals surface area (Å²) in [6.07, 6.45) is 1.84. The summed E-state index contributed by atoms with van der Waals surface area (Å²) in [7, 11) is 0. The average molecular weight is 367 g/mol. The van der Waals surface area contributed by atoms with E-state index in [9.17, 15) is 4.79 Å². The second-order valence-electron chi connectivity index (χ2n) is 6.06. The Hall–Kier alpha value is -1.56. The fourth-order valence-electron chi connectivity index (χ4n) is 2.84. The van der Waals surface area contributed by atoms with Crippen LogP contribution in [-0.2, 0) is 17.9 Å². The van der Waals surface area contributed by atoms with E-state index in [1.165, 1.54) is 0 Å². The van der Waals surface area contributed by atoms with E-state index in [2.05, 4.69) is 10.00 Å². The largest absolute Gasteiger partial charge is 0.339 e. The number of amides is 1. The summed E-state index contributed by atoms with van der Waals surface area (Å²) in [6, 6.07) is 7.63. The molecule has 3 rings (SSSR count). The van der Waals surface area contributed by atoms with Crippen molar-refractivity contribution >= 4 is 29.1 Å². The maximum absolute atomic E-state index is 12.3. The Bertz CT molecular complexity index is 723. The second-order valence-corrected chi connectivity index (χ2v) is 6.87. The zero-order valence-electron chi connectivity index (χ0n) is 13.6. The Labute approximate surface area is 151 Å². The molecule has 1 amide bonds. The van der Waals surface area contributed by atoms with E-state index in [1.807, 2.05) is 42.3 Å². The van der Waals surface area contributed by atoms with Crippen molar-refractivity contribution in [1.29, 1.82) is 0 Å².